The van der Waals surface area contributed by atoms with Crippen LogP contribution in [-0.2, 0) is 0 Å². The molecule has 0 aliphatic carbocycles. The maximum Gasteiger partial charge on any atom is 0.318 e. The van der Waals surface area contributed by atoms with Crippen molar-refractivity contribution in [2.75, 3.05) is 17.7 Å². The van der Waals surface area contributed by atoms with Crippen molar-refractivity contribution in [2.45, 2.75) is 0 Å². The van der Waals surface area contributed by atoms with Gasteiger partial charge in [0.2, 0.25) is 0 Å². The Kier molecular flexibility index (Phi) is 5.62. The Hall–Kier alpha value is -1.80. The van der Waals surface area contributed by atoms with Gasteiger partial charge in [-0.1, -0.05) is 11.6 Å². The number of hydrogen-bond acceptors (Lipinski definition) is 2. The number of rotatable bonds is 3. The number of urea groups is 1. The van der Waals surface area contributed by atoms with Gasteiger partial charge in [0.25, 0.3) is 5.91 Å². The quantitative estimate of drug-likeness (QED) is 0.647. The number of benzene rings is 2. The fourth-order valence-electron chi connectivity index (χ4n) is 1.67. The predicted octanol–water partition coefficient (Wildman–Crippen LogP) is 3.95. The minimum Gasteiger partial charge on any atom is -0.341 e. The molecule has 7 heteroatoms. The Bertz CT molecular complexity index is 704. The fraction of sp³-hybridized carbons (Fsp3) is 0.0667. The molecule has 2 aromatic carbocycles. The third kappa shape index (κ3) is 4.35. The van der Waals surface area contributed by atoms with E-state index in [2.05, 4.69) is 38.5 Å². The minimum atomic E-state index is -0.299. The van der Waals surface area contributed by atoms with Crippen LogP contribution in [0.3, 0.4) is 0 Å². The SMILES string of the molecule is CNC(=O)Nc1ccc(NC(=O)c2ccc(Cl)c(I)c2)cc1. The van der Waals surface area contributed by atoms with Crippen molar-refractivity contribution < 1.29 is 9.59 Å². The number of amides is 3. The molecule has 0 fully saturated rings. The van der Waals surface area contributed by atoms with Gasteiger partial charge in [0.05, 0.1) is 5.02 Å². The van der Waals surface area contributed by atoms with Crippen LogP contribution in [0, 0.1) is 3.57 Å². The van der Waals surface area contributed by atoms with Crippen molar-refractivity contribution in [2.24, 2.45) is 0 Å². The molecule has 114 valence electrons. The molecular formula is C15H13ClIN3O2. The number of hydrogen-bond donors (Lipinski definition) is 3. The molecule has 0 heterocycles. The molecule has 0 radical (unpaired) electrons. The summed E-state index contributed by atoms with van der Waals surface area (Å²) in [5, 5.41) is 8.50. The van der Waals surface area contributed by atoms with E-state index < -0.39 is 0 Å². The number of carbonyl (C=O) groups excluding carboxylic acids is 2. The second kappa shape index (κ2) is 7.46. The van der Waals surface area contributed by atoms with Crippen molar-refractivity contribution >= 4 is 57.5 Å². The average molecular weight is 430 g/mol. The number of carbonyl (C=O) groups is 2. The summed E-state index contributed by atoms with van der Waals surface area (Å²) in [6.45, 7) is 0. The van der Waals surface area contributed by atoms with Crippen LogP contribution in [0.2, 0.25) is 5.02 Å². The standard InChI is InChI=1S/C15H13ClIN3O2/c1-18-15(22)20-11-5-3-10(4-6-11)19-14(21)9-2-7-12(16)13(17)8-9/h2-8H,1H3,(H,19,21)(H2,18,20,22). The zero-order valence-electron chi connectivity index (χ0n) is 11.6. The Morgan fingerprint density at radius 2 is 1.59 bits per heavy atom. The van der Waals surface area contributed by atoms with Crippen LogP contribution in [0.4, 0.5) is 16.2 Å². The van der Waals surface area contributed by atoms with Crippen molar-refractivity contribution in [1.29, 1.82) is 0 Å². The lowest BCUT2D eigenvalue weighted by molar-refractivity contribution is 0.102. The summed E-state index contributed by atoms with van der Waals surface area (Å²) in [5.74, 6) is -0.221. The van der Waals surface area contributed by atoms with Gasteiger partial charge in [0.1, 0.15) is 0 Å². The molecule has 22 heavy (non-hydrogen) atoms. The van der Waals surface area contributed by atoms with Crippen molar-refractivity contribution in [3.63, 3.8) is 0 Å². The molecule has 0 bridgehead atoms. The molecule has 0 saturated carbocycles. The molecule has 5 nitrogen and oxygen atoms in total. The van der Waals surface area contributed by atoms with Crippen molar-refractivity contribution in [3.8, 4) is 0 Å². The van der Waals surface area contributed by atoms with Crippen LogP contribution in [0.1, 0.15) is 10.4 Å². The van der Waals surface area contributed by atoms with E-state index in [1.54, 1.807) is 42.5 Å². The number of nitrogens with one attached hydrogen (secondary N) is 3. The lowest BCUT2D eigenvalue weighted by atomic mass is 10.2. The Labute approximate surface area is 146 Å². The summed E-state index contributed by atoms with van der Waals surface area (Å²) >= 11 is 8.01. The van der Waals surface area contributed by atoms with E-state index in [1.165, 1.54) is 7.05 Å². The predicted molar refractivity (Wildman–Crippen MR) is 96.6 cm³/mol. The molecule has 2 aromatic rings. The number of halogens is 2. The van der Waals surface area contributed by atoms with Crippen molar-refractivity contribution in [1.82, 2.24) is 5.32 Å². The maximum absolute atomic E-state index is 12.1. The molecule has 3 N–H and O–H groups in total. The summed E-state index contributed by atoms with van der Waals surface area (Å²) in [5.41, 5.74) is 1.80. The van der Waals surface area contributed by atoms with Gasteiger partial charge < -0.3 is 16.0 Å². The lowest BCUT2D eigenvalue weighted by Crippen LogP contribution is -2.24. The zero-order valence-corrected chi connectivity index (χ0v) is 14.5. The van der Waals surface area contributed by atoms with Crippen LogP contribution >= 0.6 is 34.2 Å². The number of anilines is 2. The van der Waals surface area contributed by atoms with E-state index in [9.17, 15) is 9.59 Å². The highest BCUT2D eigenvalue weighted by atomic mass is 127. The highest BCUT2D eigenvalue weighted by Crippen LogP contribution is 2.20. The zero-order chi connectivity index (χ0) is 16.1. The van der Waals surface area contributed by atoms with Crippen LogP contribution < -0.4 is 16.0 Å². The summed E-state index contributed by atoms with van der Waals surface area (Å²) < 4.78 is 0.817. The van der Waals surface area contributed by atoms with E-state index in [0.29, 0.717) is 22.0 Å². The van der Waals surface area contributed by atoms with Gasteiger partial charge in [-0.25, -0.2) is 4.79 Å². The topological polar surface area (TPSA) is 70.2 Å². The smallest absolute Gasteiger partial charge is 0.318 e. The Balaban J connectivity index is 2.05. The minimum absolute atomic E-state index is 0.221. The molecule has 0 spiro atoms. The molecule has 2 rings (SSSR count). The molecule has 0 aromatic heterocycles. The van der Waals surface area contributed by atoms with Crippen LogP contribution in [-0.4, -0.2) is 19.0 Å². The largest absolute Gasteiger partial charge is 0.341 e. The Morgan fingerprint density at radius 3 is 2.14 bits per heavy atom. The monoisotopic (exact) mass is 429 g/mol. The summed E-state index contributed by atoms with van der Waals surface area (Å²) in [6, 6.07) is 11.6. The van der Waals surface area contributed by atoms with Gasteiger partial charge in [0.15, 0.2) is 0 Å². The van der Waals surface area contributed by atoms with E-state index in [4.69, 9.17) is 11.6 Å². The molecule has 0 unspecified atom stereocenters. The molecule has 0 atom stereocenters. The first-order chi connectivity index (χ1) is 10.5. The van der Waals surface area contributed by atoms with Gasteiger partial charge in [0, 0.05) is 27.6 Å². The lowest BCUT2D eigenvalue weighted by Gasteiger charge is -2.08. The van der Waals surface area contributed by atoms with Crippen LogP contribution in [0.5, 0.6) is 0 Å². The molecule has 3 amide bonds. The molecular weight excluding hydrogens is 417 g/mol. The van der Waals surface area contributed by atoms with Gasteiger partial charge in [-0.2, -0.15) is 0 Å². The van der Waals surface area contributed by atoms with Crippen LogP contribution in [0.15, 0.2) is 42.5 Å². The Morgan fingerprint density at radius 1 is 1.00 bits per heavy atom. The molecule has 0 aliphatic heterocycles. The highest BCUT2D eigenvalue weighted by molar-refractivity contribution is 14.1. The van der Waals surface area contributed by atoms with E-state index in [1.807, 2.05) is 0 Å². The maximum atomic E-state index is 12.1. The van der Waals surface area contributed by atoms with Gasteiger partial charge in [-0.15, -0.1) is 0 Å². The summed E-state index contributed by atoms with van der Waals surface area (Å²) in [4.78, 5) is 23.3. The van der Waals surface area contributed by atoms with Gasteiger partial charge >= 0.3 is 6.03 Å². The first-order valence-corrected chi connectivity index (χ1v) is 7.80. The fourth-order valence-corrected chi connectivity index (χ4v) is 2.30. The highest BCUT2D eigenvalue weighted by Gasteiger charge is 2.08. The van der Waals surface area contributed by atoms with Crippen LogP contribution in [0.25, 0.3) is 0 Å². The molecule has 0 aliphatic rings. The average Bonchev–Trinajstić information content (AvgIpc) is 2.51. The first kappa shape index (κ1) is 16.6. The van der Waals surface area contributed by atoms with E-state index >= 15 is 0 Å². The third-order valence-electron chi connectivity index (χ3n) is 2.81. The van der Waals surface area contributed by atoms with Gasteiger partial charge in [-0.05, 0) is 65.1 Å². The summed E-state index contributed by atoms with van der Waals surface area (Å²) in [7, 11) is 1.54. The van der Waals surface area contributed by atoms with Crippen molar-refractivity contribution in [3.05, 3.63) is 56.6 Å². The molecule has 0 saturated heterocycles. The normalized spacial score (nSPS) is 9.95. The third-order valence-corrected chi connectivity index (χ3v) is 4.35. The first-order valence-electron chi connectivity index (χ1n) is 6.35. The second-order valence-corrected chi connectivity index (χ2v) is 5.93. The summed E-state index contributed by atoms with van der Waals surface area (Å²) in [6.07, 6.45) is 0. The second-order valence-electron chi connectivity index (χ2n) is 4.36. The van der Waals surface area contributed by atoms with E-state index in [0.717, 1.165) is 3.57 Å². The van der Waals surface area contributed by atoms with Gasteiger partial charge in [-0.3, -0.25) is 4.79 Å². The van der Waals surface area contributed by atoms with E-state index in [-0.39, 0.29) is 11.9 Å².